The summed E-state index contributed by atoms with van der Waals surface area (Å²) in [4.78, 5) is 30.2. The molecular formula is C19H15BrN2O4S. The lowest BCUT2D eigenvalue weighted by Gasteiger charge is -2.09. The number of phenols is 1. The van der Waals surface area contributed by atoms with Crippen LogP contribution < -0.4 is 0 Å². The van der Waals surface area contributed by atoms with Crippen LogP contribution in [-0.4, -0.2) is 39.2 Å². The topological polar surface area (TPSA) is 90.2 Å². The molecule has 2 aromatic rings. The average molecular weight is 447 g/mol. The van der Waals surface area contributed by atoms with Gasteiger partial charge in [-0.25, -0.2) is 9.79 Å². The fraction of sp³-hybridized carbons (Fsp3) is 0.105. The van der Waals surface area contributed by atoms with Gasteiger partial charge >= 0.3 is 5.97 Å². The number of amides is 1. The highest BCUT2D eigenvalue weighted by Gasteiger charge is 2.30. The van der Waals surface area contributed by atoms with E-state index in [1.165, 1.54) is 22.7 Å². The second kappa shape index (κ2) is 7.58. The summed E-state index contributed by atoms with van der Waals surface area (Å²) in [5, 5.41) is 19.3. The number of carbonyl (C=O) groups excluding carboxylic acids is 1. The summed E-state index contributed by atoms with van der Waals surface area (Å²) in [6.07, 6.45) is 1.72. The van der Waals surface area contributed by atoms with Crippen LogP contribution >= 0.6 is 27.7 Å². The highest BCUT2D eigenvalue weighted by molar-refractivity contribution is 9.10. The minimum absolute atomic E-state index is 0.121. The first-order valence-electron chi connectivity index (χ1n) is 7.85. The maximum atomic E-state index is 12.5. The van der Waals surface area contributed by atoms with Gasteiger partial charge < -0.3 is 10.2 Å². The van der Waals surface area contributed by atoms with Crippen molar-refractivity contribution in [3.05, 3.63) is 62.5 Å². The second-order valence-corrected chi connectivity index (χ2v) is 7.70. The van der Waals surface area contributed by atoms with Crippen molar-refractivity contribution in [1.82, 2.24) is 4.90 Å². The fourth-order valence-electron chi connectivity index (χ4n) is 2.50. The summed E-state index contributed by atoms with van der Waals surface area (Å²) in [6.45, 7) is 1.69. The van der Waals surface area contributed by atoms with Crippen LogP contribution in [0.5, 0.6) is 5.75 Å². The molecule has 0 bridgehead atoms. The quantitative estimate of drug-likeness (QED) is 0.681. The van der Waals surface area contributed by atoms with Crippen molar-refractivity contribution in [2.45, 2.75) is 6.92 Å². The SMILES string of the molecule is Cc1c(N=C2S/C(=C\c3ccc(O)c(Br)c3)C(=O)N2C)cccc1C(=O)O. The van der Waals surface area contributed by atoms with Crippen LogP contribution in [0.25, 0.3) is 6.08 Å². The third kappa shape index (κ3) is 3.91. The van der Waals surface area contributed by atoms with Gasteiger partial charge in [-0.05, 0) is 76.1 Å². The normalized spacial score (nSPS) is 17.1. The van der Waals surface area contributed by atoms with Crippen molar-refractivity contribution < 1.29 is 19.8 Å². The number of rotatable bonds is 3. The molecule has 138 valence electrons. The molecule has 0 aromatic heterocycles. The van der Waals surface area contributed by atoms with Crippen molar-refractivity contribution in [2.24, 2.45) is 4.99 Å². The van der Waals surface area contributed by atoms with E-state index in [1.807, 2.05) is 0 Å². The first-order valence-corrected chi connectivity index (χ1v) is 9.46. The minimum Gasteiger partial charge on any atom is -0.507 e. The van der Waals surface area contributed by atoms with Crippen molar-refractivity contribution in [2.75, 3.05) is 7.05 Å². The zero-order chi connectivity index (χ0) is 19.7. The van der Waals surface area contributed by atoms with Gasteiger partial charge in [0.1, 0.15) is 5.75 Å². The van der Waals surface area contributed by atoms with Gasteiger partial charge in [-0.3, -0.25) is 9.69 Å². The van der Waals surface area contributed by atoms with Crippen molar-refractivity contribution in [3.63, 3.8) is 0 Å². The number of aromatic carboxylic acids is 1. The lowest BCUT2D eigenvalue weighted by Crippen LogP contribution is -2.23. The molecule has 6 nitrogen and oxygen atoms in total. The molecule has 1 saturated heterocycles. The van der Waals surface area contributed by atoms with Gasteiger partial charge in [0.25, 0.3) is 5.91 Å². The van der Waals surface area contributed by atoms with Crippen LogP contribution in [0.4, 0.5) is 5.69 Å². The van der Waals surface area contributed by atoms with Gasteiger partial charge in [0.05, 0.1) is 20.6 Å². The lowest BCUT2D eigenvalue weighted by molar-refractivity contribution is -0.121. The number of carboxylic acid groups (broad SMARTS) is 1. The number of aliphatic imine (C=N–C) groups is 1. The Kier molecular flexibility index (Phi) is 5.38. The maximum absolute atomic E-state index is 12.5. The van der Waals surface area contributed by atoms with Crippen LogP contribution in [0.1, 0.15) is 21.5 Å². The Morgan fingerprint density at radius 1 is 1.30 bits per heavy atom. The number of thioether (sulfide) groups is 1. The van der Waals surface area contributed by atoms with Crippen LogP contribution in [0.15, 0.2) is 50.8 Å². The van der Waals surface area contributed by atoms with Crippen LogP contribution in [0, 0.1) is 6.92 Å². The average Bonchev–Trinajstić information content (AvgIpc) is 2.87. The van der Waals surface area contributed by atoms with E-state index in [4.69, 9.17) is 0 Å². The van der Waals surface area contributed by atoms with E-state index in [9.17, 15) is 19.8 Å². The molecule has 1 aliphatic heterocycles. The molecular weight excluding hydrogens is 432 g/mol. The maximum Gasteiger partial charge on any atom is 0.336 e. The fourth-order valence-corrected chi connectivity index (χ4v) is 3.87. The Hall–Kier alpha value is -2.58. The molecule has 1 fully saturated rings. The molecule has 0 unspecified atom stereocenters. The van der Waals surface area contributed by atoms with E-state index in [-0.39, 0.29) is 17.2 Å². The molecule has 0 saturated carbocycles. The highest BCUT2D eigenvalue weighted by atomic mass is 79.9. The molecule has 0 spiro atoms. The molecule has 2 aromatic carbocycles. The zero-order valence-electron chi connectivity index (χ0n) is 14.4. The number of hydrogen-bond acceptors (Lipinski definition) is 5. The van der Waals surface area contributed by atoms with E-state index in [0.717, 1.165) is 5.56 Å². The summed E-state index contributed by atoms with van der Waals surface area (Å²) in [5.74, 6) is -1.10. The minimum atomic E-state index is -1.02. The smallest absolute Gasteiger partial charge is 0.336 e. The van der Waals surface area contributed by atoms with E-state index in [2.05, 4.69) is 20.9 Å². The van der Waals surface area contributed by atoms with Gasteiger partial charge in [-0.2, -0.15) is 0 Å². The van der Waals surface area contributed by atoms with Crippen LogP contribution in [0.3, 0.4) is 0 Å². The monoisotopic (exact) mass is 446 g/mol. The Balaban J connectivity index is 1.95. The molecule has 27 heavy (non-hydrogen) atoms. The number of halogens is 1. The Morgan fingerprint density at radius 2 is 2.04 bits per heavy atom. The molecule has 1 heterocycles. The summed E-state index contributed by atoms with van der Waals surface area (Å²) < 4.78 is 0.538. The molecule has 3 rings (SSSR count). The van der Waals surface area contributed by atoms with Gasteiger partial charge in [-0.15, -0.1) is 0 Å². The number of benzene rings is 2. The molecule has 0 atom stereocenters. The van der Waals surface area contributed by atoms with Crippen molar-refractivity contribution in [3.8, 4) is 5.75 Å². The number of amidine groups is 1. The predicted octanol–water partition coefficient (Wildman–Crippen LogP) is 4.40. The second-order valence-electron chi connectivity index (χ2n) is 5.83. The third-order valence-corrected chi connectivity index (χ3v) is 5.72. The van der Waals surface area contributed by atoms with Crippen molar-refractivity contribution in [1.29, 1.82) is 0 Å². The Bertz CT molecular complexity index is 1020. The highest BCUT2D eigenvalue weighted by Crippen LogP contribution is 2.35. The van der Waals surface area contributed by atoms with E-state index in [0.29, 0.717) is 25.8 Å². The molecule has 0 radical (unpaired) electrons. The number of carbonyl (C=O) groups is 2. The molecule has 0 aliphatic carbocycles. The summed E-state index contributed by atoms with van der Waals surface area (Å²) in [7, 11) is 1.62. The van der Waals surface area contributed by atoms with Crippen LogP contribution in [-0.2, 0) is 4.79 Å². The largest absolute Gasteiger partial charge is 0.507 e. The standard InChI is InChI=1S/C19H15BrN2O4S/c1-10-12(18(25)26)4-3-5-14(10)21-19-22(2)17(24)16(27-19)9-11-6-7-15(23)13(20)8-11/h3-9,23H,1-2H3,(H,25,26)/b16-9-,21-19?. The number of likely N-dealkylation sites (N-methyl/N-ethyl adjacent to an activating group) is 1. The Morgan fingerprint density at radius 3 is 2.70 bits per heavy atom. The zero-order valence-corrected chi connectivity index (χ0v) is 16.8. The Labute approximate surface area is 168 Å². The van der Waals surface area contributed by atoms with Gasteiger partial charge in [0.15, 0.2) is 5.17 Å². The van der Waals surface area contributed by atoms with E-state index < -0.39 is 5.97 Å². The van der Waals surface area contributed by atoms with E-state index >= 15 is 0 Å². The molecule has 1 amide bonds. The van der Waals surface area contributed by atoms with Gasteiger partial charge in [0, 0.05) is 7.05 Å². The lowest BCUT2D eigenvalue weighted by atomic mass is 10.1. The summed E-state index contributed by atoms with van der Waals surface area (Å²) in [5.41, 5.74) is 1.98. The number of carboxylic acids is 1. The number of nitrogens with zero attached hydrogens (tertiary/aromatic N) is 2. The summed E-state index contributed by atoms with van der Waals surface area (Å²) >= 11 is 4.46. The number of phenolic OH excluding ortho intramolecular Hbond substituents is 1. The predicted molar refractivity (Wildman–Crippen MR) is 109 cm³/mol. The third-order valence-electron chi connectivity index (χ3n) is 4.02. The first kappa shape index (κ1) is 19.2. The summed E-state index contributed by atoms with van der Waals surface area (Å²) in [6, 6.07) is 9.82. The number of hydrogen-bond donors (Lipinski definition) is 2. The molecule has 8 heteroatoms. The molecule has 1 aliphatic rings. The van der Waals surface area contributed by atoms with Crippen LogP contribution in [0.2, 0.25) is 0 Å². The van der Waals surface area contributed by atoms with Gasteiger partial charge in [0.2, 0.25) is 0 Å². The molecule has 2 N–H and O–H groups in total. The first-order chi connectivity index (χ1) is 12.8. The van der Waals surface area contributed by atoms with Crippen molar-refractivity contribution >= 4 is 56.5 Å². The number of aromatic hydroxyl groups is 1. The van der Waals surface area contributed by atoms with E-state index in [1.54, 1.807) is 50.4 Å². The van der Waals surface area contributed by atoms with Gasteiger partial charge in [-0.1, -0.05) is 12.1 Å².